The maximum atomic E-state index is 4.15. The van der Waals surface area contributed by atoms with Crippen molar-refractivity contribution in [3.05, 3.63) is 41.2 Å². The second-order valence-electron chi connectivity index (χ2n) is 4.63. The molecule has 1 aliphatic rings. The summed E-state index contributed by atoms with van der Waals surface area (Å²) >= 11 is 0. The lowest BCUT2D eigenvalue weighted by atomic mass is 10.0. The number of rotatable bonds is 3. The Morgan fingerprint density at radius 3 is 3.06 bits per heavy atom. The van der Waals surface area contributed by atoms with E-state index in [2.05, 4.69) is 33.7 Å². The van der Waals surface area contributed by atoms with Crippen molar-refractivity contribution in [3.8, 4) is 11.1 Å². The molecule has 3 heteroatoms. The van der Waals surface area contributed by atoms with Gasteiger partial charge in [0.05, 0.1) is 11.9 Å². The molecule has 2 aromatic rings. The molecule has 1 aromatic carbocycles. The van der Waals surface area contributed by atoms with Crippen molar-refractivity contribution in [1.82, 2.24) is 15.5 Å². The van der Waals surface area contributed by atoms with Crippen molar-refractivity contribution in [1.29, 1.82) is 0 Å². The molecular formula is C14H17N3. The number of H-pyrrole nitrogens is 1. The van der Waals surface area contributed by atoms with Crippen LogP contribution >= 0.6 is 0 Å². The zero-order valence-electron chi connectivity index (χ0n) is 10.1. The molecular weight excluding hydrogens is 210 g/mol. The summed E-state index contributed by atoms with van der Waals surface area (Å²) in [5.41, 5.74) is 6.69. The minimum atomic E-state index is 0.826. The van der Waals surface area contributed by atoms with E-state index < -0.39 is 0 Å². The van der Waals surface area contributed by atoms with Crippen molar-refractivity contribution in [2.45, 2.75) is 25.8 Å². The molecule has 17 heavy (non-hydrogen) atoms. The second-order valence-corrected chi connectivity index (χ2v) is 4.63. The van der Waals surface area contributed by atoms with E-state index >= 15 is 0 Å². The zero-order valence-corrected chi connectivity index (χ0v) is 10.1. The Morgan fingerprint density at radius 1 is 1.29 bits per heavy atom. The fraction of sp³-hybridized carbons (Fsp3) is 0.357. The van der Waals surface area contributed by atoms with Crippen LogP contribution in [0.15, 0.2) is 24.4 Å². The molecule has 1 aromatic heterocycles. The summed E-state index contributed by atoms with van der Waals surface area (Å²) in [6.07, 6.45) is 5.68. The van der Waals surface area contributed by atoms with E-state index in [4.69, 9.17) is 0 Å². The highest BCUT2D eigenvalue weighted by atomic mass is 15.1. The highest BCUT2D eigenvalue weighted by molar-refractivity contribution is 5.67. The summed E-state index contributed by atoms with van der Waals surface area (Å²) in [5, 5.41) is 10.4. The smallest absolute Gasteiger partial charge is 0.0569 e. The summed E-state index contributed by atoms with van der Waals surface area (Å²) in [6, 6.07) is 6.81. The normalized spacial score (nSPS) is 13.9. The molecule has 0 saturated heterocycles. The number of aryl methyl sites for hydroxylation is 2. The molecule has 0 radical (unpaired) electrons. The van der Waals surface area contributed by atoms with Gasteiger partial charge in [0.1, 0.15) is 0 Å². The van der Waals surface area contributed by atoms with Gasteiger partial charge in [-0.1, -0.05) is 18.2 Å². The molecule has 1 heterocycles. The Labute approximate surface area is 101 Å². The molecule has 0 spiro atoms. The molecule has 0 atom stereocenters. The highest BCUT2D eigenvalue weighted by Gasteiger charge is 2.13. The van der Waals surface area contributed by atoms with E-state index in [-0.39, 0.29) is 0 Å². The Hall–Kier alpha value is -1.61. The van der Waals surface area contributed by atoms with Crippen LogP contribution in [0.25, 0.3) is 11.1 Å². The first-order chi connectivity index (χ1) is 8.38. The van der Waals surface area contributed by atoms with Crippen LogP contribution in [0.2, 0.25) is 0 Å². The summed E-state index contributed by atoms with van der Waals surface area (Å²) < 4.78 is 0. The molecule has 0 amide bonds. The number of nitrogens with one attached hydrogen (secondary N) is 2. The molecule has 0 bridgehead atoms. The van der Waals surface area contributed by atoms with Crippen LogP contribution in [0.3, 0.4) is 0 Å². The van der Waals surface area contributed by atoms with Crippen LogP contribution in [0.5, 0.6) is 0 Å². The van der Waals surface area contributed by atoms with Crippen molar-refractivity contribution < 1.29 is 0 Å². The summed E-state index contributed by atoms with van der Waals surface area (Å²) in [6.45, 7) is 0.826. The van der Waals surface area contributed by atoms with Gasteiger partial charge in [-0.05, 0) is 43.0 Å². The van der Waals surface area contributed by atoms with Crippen LogP contribution in [0.1, 0.15) is 23.2 Å². The largest absolute Gasteiger partial charge is 0.314 e. The predicted molar refractivity (Wildman–Crippen MR) is 68.8 cm³/mol. The highest BCUT2D eigenvalue weighted by Crippen LogP contribution is 2.29. The maximum absolute atomic E-state index is 4.15. The second kappa shape index (κ2) is 4.34. The lowest BCUT2D eigenvalue weighted by molar-refractivity contribution is 0.785. The molecule has 0 unspecified atom stereocenters. The third-order valence-corrected chi connectivity index (χ3v) is 3.48. The standard InChI is InChI=1S/C14H17N3/c1-15-9-14-13(8-16-17-14)12-6-5-10-3-2-4-11(10)7-12/h5-8,15H,2-4,9H2,1H3,(H,16,17). The molecule has 0 aliphatic heterocycles. The Kier molecular flexibility index (Phi) is 2.69. The quantitative estimate of drug-likeness (QED) is 0.844. The van der Waals surface area contributed by atoms with Gasteiger partial charge in [0, 0.05) is 12.1 Å². The molecule has 3 nitrogen and oxygen atoms in total. The van der Waals surface area contributed by atoms with E-state index in [9.17, 15) is 0 Å². The number of fused-ring (bicyclic) bond motifs is 1. The lowest BCUT2D eigenvalue weighted by Gasteiger charge is -2.05. The fourth-order valence-corrected chi connectivity index (χ4v) is 2.61. The maximum Gasteiger partial charge on any atom is 0.0569 e. The van der Waals surface area contributed by atoms with Crippen molar-refractivity contribution in [2.75, 3.05) is 7.05 Å². The summed E-state index contributed by atoms with van der Waals surface area (Å²) in [4.78, 5) is 0. The topological polar surface area (TPSA) is 40.7 Å². The number of aromatic amines is 1. The van der Waals surface area contributed by atoms with Gasteiger partial charge in [-0.3, -0.25) is 5.10 Å². The fourth-order valence-electron chi connectivity index (χ4n) is 2.61. The minimum absolute atomic E-state index is 0.826. The number of nitrogens with zero attached hydrogens (tertiary/aromatic N) is 1. The van der Waals surface area contributed by atoms with Crippen molar-refractivity contribution in [3.63, 3.8) is 0 Å². The van der Waals surface area contributed by atoms with Crippen molar-refractivity contribution in [2.24, 2.45) is 0 Å². The average Bonchev–Trinajstić information content (AvgIpc) is 2.96. The van der Waals surface area contributed by atoms with Gasteiger partial charge in [0.25, 0.3) is 0 Å². The first-order valence-electron chi connectivity index (χ1n) is 6.17. The van der Waals surface area contributed by atoms with Gasteiger partial charge < -0.3 is 5.32 Å². The summed E-state index contributed by atoms with van der Waals surface area (Å²) in [5.74, 6) is 0. The van der Waals surface area contributed by atoms with Crippen LogP contribution in [-0.4, -0.2) is 17.2 Å². The molecule has 1 aliphatic carbocycles. The molecule has 3 rings (SSSR count). The third-order valence-electron chi connectivity index (χ3n) is 3.48. The van der Waals surface area contributed by atoms with E-state index in [1.165, 1.54) is 41.5 Å². The van der Waals surface area contributed by atoms with Crippen LogP contribution < -0.4 is 5.32 Å². The van der Waals surface area contributed by atoms with Gasteiger partial charge in [0.15, 0.2) is 0 Å². The molecule has 0 fully saturated rings. The van der Waals surface area contributed by atoms with Gasteiger partial charge in [-0.15, -0.1) is 0 Å². The van der Waals surface area contributed by atoms with Crippen LogP contribution in [0, 0.1) is 0 Å². The molecule has 0 saturated carbocycles. The van der Waals surface area contributed by atoms with E-state index in [1.54, 1.807) is 0 Å². The van der Waals surface area contributed by atoms with Gasteiger partial charge in [-0.2, -0.15) is 5.10 Å². The van der Waals surface area contributed by atoms with Crippen LogP contribution in [-0.2, 0) is 19.4 Å². The Balaban J connectivity index is 2.00. The first kappa shape index (κ1) is 10.5. The minimum Gasteiger partial charge on any atom is -0.314 e. The van der Waals surface area contributed by atoms with Gasteiger partial charge >= 0.3 is 0 Å². The van der Waals surface area contributed by atoms with Gasteiger partial charge in [-0.25, -0.2) is 0 Å². The van der Waals surface area contributed by atoms with E-state index in [0.29, 0.717) is 0 Å². The number of aromatic nitrogens is 2. The van der Waals surface area contributed by atoms with Crippen molar-refractivity contribution >= 4 is 0 Å². The predicted octanol–water partition coefficient (Wildman–Crippen LogP) is 2.28. The van der Waals surface area contributed by atoms with E-state index in [0.717, 1.165) is 12.2 Å². The number of hydrogen-bond acceptors (Lipinski definition) is 2. The Bertz CT molecular complexity index is 528. The number of hydrogen-bond donors (Lipinski definition) is 2. The lowest BCUT2D eigenvalue weighted by Crippen LogP contribution is -2.06. The monoisotopic (exact) mass is 227 g/mol. The SMILES string of the molecule is CNCc1[nH]ncc1-c1ccc2c(c1)CCC2. The third kappa shape index (κ3) is 1.87. The molecule has 88 valence electrons. The summed E-state index contributed by atoms with van der Waals surface area (Å²) in [7, 11) is 1.95. The first-order valence-corrected chi connectivity index (χ1v) is 6.17. The van der Waals surface area contributed by atoms with Gasteiger partial charge in [0.2, 0.25) is 0 Å². The van der Waals surface area contributed by atoms with E-state index in [1.807, 2.05) is 13.2 Å². The van der Waals surface area contributed by atoms with Crippen LogP contribution in [0.4, 0.5) is 0 Å². The Morgan fingerprint density at radius 2 is 2.18 bits per heavy atom. The zero-order chi connectivity index (χ0) is 11.7. The number of benzene rings is 1. The molecule has 2 N–H and O–H groups in total. The average molecular weight is 227 g/mol.